The quantitative estimate of drug-likeness (QED) is 0.703. The van der Waals surface area contributed by atoms with E-state index in [1.807, 2.05) is 31.2 Å². The Morgan fingerprint density at radius 3 is 2.66 bits per heavy atom. The van der Waals surface area contributed by atoms with Gasteiger partial charge in [0, 0.05) is 13.0 Å². The Labute approximate surface area is 174 Å². The number of nitrogens with zero attached hydrogens (tertiary/aromatic N) is 2. The molecular formula is C22H24FN3O2S. The first-order chi connectivity index (χ1) is 14.0. The SMILES string of the molecule is CCCCN1C(=O)[C@@H](CC(=O)Nc2ccccc2F)SC1=Nc1ccccc1C. The third-order valence-electron chi connectivity index (χ3n) is 4.61. The van der Waals surface area contributed by atoms with E-state index in [2.05, 4.69) is 12.2 Å². The first kappa shape index (κ1) is 21.0. The largest absolute Gasteiger partial charge is 0.324 e. The van der Waals surface area contributed by atoms with Crippen molar-refractivity contribution in [3.63, 3.8) is 0 Å². The molecule has 1 N–H and O–H groups in total. The van der Waals surface area contributed by atoms with E-state index in [1.54, 1.807) is 17.0 Å². The van der Waals surface area contributed by atoms with Crippen molar-refractivity contribution in [1.29, 1.82) is 0 Å². The second-order valence-corrected chi connectivity index (χ2v) is 8.03. The Kier molecular flexibility index (Phi) is 7.04. The molecule has 1 fully saturated rings. The fourth-order valence-electron chi connectivity index (χ4n) is 2.97. The zero-order valence-corrected chi connectivity index (χ0v) is 17.3. The number of hydrogen-bond donors (Lipinski definition) is 1. The average molecular weight is 414 g/mol. The third-order valence-corrected chi connectivity index (χ3v) is 5.78. The van der Waals surface area contributed by atoms with Crippen LogP contribution in [-0.2, 0) is 9.59 Å². The van der Waals surface area contributed by atoms with Gasteiger partial charge in [-0.2, -0.15) is 0 Å². The van der Waals surface area contributed by atoms with Gasteiger partial charge in [-0.15, -0.1) is 0 Å². The number of anilines is 1. The summed E-state index contributed by atoms with van der Waals surface area (Å²) in [4.78, 5) is 31.7. The van der Waals surface area contributed by atoms with Gasteiger partial charge in [0.2, 0.25) is 11.8 Å². The molecule has 3 rings (SSSR count). The number of amides is 2. The molecule has 1 atom stereocenters. The molecule has 2 aromatic carbocycles. The number of amidine groups is 1. The molecule has 0 saturated carbocycles. The number of aliphatic imine (C=N–C) groups is 1. The van der Waals surface area contributed by atoms with Gasteiger partial charge in [-0.05, 0) is 37.1 Å². The zero-order valence-electron chi connectivity index (χ0n) is 16.5. The van der Waals surface area contributed by atoms with Crippen molar-refractivity contribution in [2.45, 2.75) is 38.4 Å². The second kappa shape index (κ2) is 9.69. The molecular weight excluding hydrogens is 389 g/mol. The number of benzene rings is 2. The fourth-order valence-corrected chi connectivity index (χ4v) is 4.15. The maximum atomic E-state index is 13.8. The minimum absolute atomic E-state index is 0.0345. The number of halogens is 1. The van der Waals surface area contributed by atoms with Crippen LogP contribution in [0.25, 0.3) is 0 Å². The molecule has 7 heteroatoms. The molecule has 2 amide bonds. The van der Waals surface area contributed by atoms with Crippen molar-refractivity contribution < 1.29 is 14.0 Å². The van der Waals surface area contributed by atoms with Gasteiger partial charge in [0.15, 0.2) is 5.17 Å². The fraction of sp³-hybridized carbons (Fsp3) is 0.318. The predicted molar refractivity (Wildman–Crippen MR) is 116 cm³/mol. The molecule has 0 spiro atoms. The number of hydrogen-bond acceptors (Lipinski definition) is 4. The van der Waals surface area contributed by atoms with Gasteiger partial charge in [-0.3, -0.25) is 14.5 Å². The molecule has 1 heterocycles. The molecule has 1 aliphatic heterocycles. The Morgan fingerprint density at radius 1 is 1.21 bits per heavy atom. The highest BCUT2D eigenvalue weighted by Crippen LogP contribution is 2.33. The predicted octanol–water partition coefficient (Wildman–Crippen LogP) is 4.89. The maximum absolute atomic E-state index is 13.8. The van der Waals surface area contributed by atoms with Crippen molar-refractivity contribution in [1.82, 2.24) is 4.90 Å². The number of thioether (sulfide) groups is 1. The summed E-state index contributed by atoms with van der Waals surface area (Å²) in [7, 11) is 0. The van der Waals surface area contributed by atoms with E-state index in [9.17, 15) is 14.0 Å². The summed E-state index contributed by atoms with van der Waals surface area (Å²) in [5.41, 5.74) is 1.94. The summed E-state index contributed by atoms with van der Waals surface area (Å²) in [6.45, 7) is 4.60. The van der Waals surface area contributed by atoms with Crippen LogP contribution < -0.4 is 5.32 Å². The molecule has 1 saturated heterocycles. The van der Waals surface area contributed by atoms with E-state index in [4.69, 9.17) is 4.99 Å². The minimum Gasteiger partial charge on any atom is -0.324 e. The highest BCUT2D eigenvalue weighted by Gasteiger charge is 2.38. The zero-order chi connectivity index (χ0) is 20.8. The summed E-state index contributed by atoms with van der Waals surface area (Å²) >= 11 is 1.30. The average Bonchev–Trinajstić information content (AvgIpc) is 2.98. The Hall–Kier alpha value is -2.67. The van der Waals surface area contributed by atoms with Gasteiger partial charge in [0.05, 0.1) is 11.4 Å². The highest BCUT2D eigenvalue weighted by molar-refractivity contribution is 8.15. The van der Waals surface area contributed by atoms with Crippen LogP contribution in [-0.4, -0.2) is 33.7 Å². The Morgan fingerprint density at radius 2 is 1.93 bits per heavy atom. The van der Waals surface area contributed by atoms with Crippen LogP contribution in [0.5, 0.6) is 0 Å². The first-order valence-corrected chi connectivity index (χ1v) is 10.5. The lowest BCUT2D eigenvalue weighted by Crippen LogP contribution is -2.34. The van der Waals surface area contributed by atoms with Gasteiger partial charge in [-0.1, -0.05) is 55.4 Å². The summed E-state index contributed by atoms with van der Waals surface area (Å²) in [5.74, 6) is -1.02. The number of carbonyl (C=O) groups excluding carboxylic acids is 2. The molecule has 0 aromatic heterocycles. The molecule has 1 aliphatic rings. The molecule has 0 unspecified atom stereocenters. The third kappa shape index (κ3) is 5.23. The smallest absolute Gasteiger partial charge is 0.242 e. The van der Waals surface area contributed by atoms with E-state index in [-0.39, 0.29) is 18.0 Å². The minimum atomic E-state index is -0.568. The number of rotatable bonds is 7. The normalized spacial score (nSPS) is 17.8. The standard InChI is InChI=1S/C22H24FN3O2S/c1-3-4-13-26-21(28)19(14-20(27)24-18-12-8-6-10-16(18)23)29-22(26)25-17-11-7-5-9-15(17)2/h5-12,19H,3-4,13-14H2,1-2H3,(H,24,27)/t19-/m1/s1. The van der Waals surface area contributed by atoms with Crippen LogP contribution in [0.3, 0.4) is 0 Å². The van der Waals surface area contributed by atoms with Crippen LogP contribution in [0, 0.1) is 12.7 Å². The van der Waals surface area contributed by atoms with E-state index < -0.39 is 17.0 Å². The number of aryl methyl sites for hydroxylation is 1. The van der Waals surface area contributed by atoms with Crippen LogP contribution in [0.4, 0.5) is 15.8 Å². The molecule has 152 valence electrons. The lowest BCUT2D eigenvalue weighted by atomic mass is 10.2. The second-order valence-electron chi connectivity index (χ2n) is 6.86. The number of nitrogens with one attached hydrogen (secondary N) is 1. The van der Waals surface area contributed by atoms with Crippen molar-refractivity contribution in [2.75, 3.05) is 11.9 Å². The van der Waals surface area contributed by atoms with Crippen molar-refractivity contribution in [3.8, 4) is 0 Å². The molecule has 0 radical (unpaired) electrons. The maximum Gasteiger partial charge on any atom is 0.242 e. The van der Waals surface area contributed by atoms with Crippen LogP contribution in [0.2, 0.25) is 0 Å². The summed E-state index contributed by atoms with van der Waals surface area (Å²) in [6, 6.07) is 13.7. The van der Waals surface area contributed by atoms with Gasteiger partial charge in [0.25, 0.3) is 0 Å². The van der Waals surface area contributed by atoms with Gasteiger partial charge < -0.3 is 5.32 Å². The van der Waals surface area contributed by atoms with Gasteiger partial charge in [-0.25, -0.2) is 9.38 Å². The summed E-state index contributed by atoms with van der Waals surface area (Å²) < 4.78 is 13.8. The molecule has 0 aliphatic carbocycles. The van der Waals surface area contributed by atoms with Crippen LogP contribution in [0.1, 0.15) is 31.7 Å². The van der Waals surface area contributed by atoms with Crippen molar-refractivity contribution in [2.24, 2.45) is 4.99 Å². The lowest BCUT2D eigenvalue weighted by Gasteiger charge is -2.16. The molecule has 5 nitrogen and oxygen atoms in total. The first-order valence-electron chi connectivity index (χ1n) is 9.66. The van der Waals surface area contributed by atoms with E-state index in [1.165, 1.54) is 23.9 Å². The summed E-state index contributed by atoms with van der Waals surface area (Å²) in [6.07, 6.45) is 1.77. The topological polar surface area (TPSA) is 61.8 Å². The number of carbonyl (C=O) groups is 2. The Balaban J connectivity index is 1.76. The van der Waals surface area contributed by atoms with Crippen LogP contribution >= 0.6 is 11.8 Å². The Bertz CT molecular complexity index is 932. The lowest BCUT2D eigenvalue weighted by molar-refractivity contribution is -0.128. The van der Waals surface area contributed by atoms with Crippen molar-refractivity contribution in [3.05, 3.63) is 59.9 Å². The van der Waals surface area contributed by atoms with E-state index >= 15 is 0 Å². The monoisotopic (exact) mass is 413 g/mol. The number of unbranched alkanes of at least 4 members (excludes halogenated alkanes) is 1. The number of para-hydroxylation sites is 2. The van der Waals surface area contributed by atoms with Crippen LogP contribution in [0.15, 0.2) is 53.5 Å². The molecule has 0 bridgehead atoms. The van der Waals surface area contributed by atoms with Gasteiger partial charge >= 0.3 is 0 Å². The van der Waals surface area contributed by atoms with Crippen molar-refractivity contribution >= 4 is 40.1 Å². The molecule has 29 heavy (non-hydrogen) atoms. The van der Waals surface area contributed by atoms with Gasteiger partial charge in [0.1, 0.15) is 11.1 Å². The highest BCUT2D eigenvalue weighted by atomic mass is 32.2. The molecule has 2 aromatic rings. The summed E-state index contributed by atoms with van der Waals surface area (Å²) in [5, 5.41) is 2.60. The van der Waals surface area contributed by atoms with E-state index in [0.717, 1.165) is 24.1 Å². The van der Waals surface area contributed by atoms with E-state index in [0.29, 0.717) is 11.7 Å².